The van der Waals surface area contributed by atoms with E-state index >= 15 is 0 Å². The third-order valence-corrected chi connectivity index (χ3v) is 3.81. The number of oxime groups is 1. The smallest absolute Gasteiger partial charge is 0.422 e. The summed E-state index contributed by atoms with van der Waals surface area (Å²) in [6.45, 7) is 3.58. The van der Waals surface area contributed by atoms with E-state index in [0.29, 0.717) is 18.6 Å². The largest absolute Gasteiger partial charge is 0.446 e. The summed E-state index contributed by atoms with van der Waals surface area (Å²) in [4.78, 5) is 11.2. The average Bonchev–Trinajstić information content (AvgIpc) is 2.27. The molecular weight excluding hydrogens is 262 g/mol. The van der Waals surface area contributed by atoms with Crippen LogP contribution in [0.1, 0.15) is 26.7 Å². The summed E-state index contributed by atoms with van der Waals surface area (Å²) in [5.74, 6) is 0. The Morgan fingerprint density at radius 1 is 1.44 bits per heavy atom. The molecule has 0 spiro atoms. The normalized spacial score (nSPS) is 17.6. The van der Waals surface area contributed by atoms with Crippen LogP contribution < -0.4 is 4.72 Å². The van der Waals surface area contributed by atoms with Crippen molar-refractivity contribution in [3.05, 3.63) is 0 Å². The lowest BCUT2D eigenvalue weighted by Gasteiger charge is -2.26. The zero-order chi connectivity index (χ0) is 13.8. The van der Waals surface area contributed by atoms with Gasteiger partial charge in [0.2, 0.25) is 0 Å². The van der Waals surface area contributed by atoms with Gasteiger partial charge in [0.15, 0.2) is 0 Å². The van der Waals surface area contributed by atoms with Crippen molar-refractivity contribution in [3.8, 4) is 0 Å². The average molecular weight is 279 g/mol. The minimum absolute atomic E-state index is 0.170. The molecule has 1 amide bonds. The van der Waals surface area contributed by atoms with Crippen molar-refractivity contribution < 1.29 is 23.2 Å². The lowest BCUT2D eigenvalue weighted by molar-refractivity contribution is 0.121. The van der Waals surface area contributed by atoms with Crippen molar-refractivity contribution in [1.82, 2.24) is 9.03 Å². The van der Waals surface area contributed by atoms with E-state index in [-0.39, 0.29) is 13.1 Å². The summed E-state index contributed by atoms with van der Waals surface area (Å²) in [5.41, 5.74) is 0.547. The van der Waals surface area contributed by atoms with Crippen LogP contribution in [0.5, 0.6) is 0 Å². The van der Waals surface area contributed by atoms with Crippen LogP contribution in [-0.2, 0) is 14.9 Å². The number of ether oxygens (including phenoxy) is 1. The molecule has 0 aromatic rings. The van der Waals surface area contributed by atoms with Crippen molar-refractivity contribution in [2.24, 2.45) is 5.16 Å². The van der Waals surface area contributed by atoms with Crippen LogP contribution in [0.3, 0.4) is 0 Å². The Kier molecular flexibility index (Phi) is 4.91. The Hall–Kier alpha value is -1.35. The maximum atomic E-state index is 11.8. The van der Waals surface area contributed by atoms with Gasteiger partial charge in [0.05, 0.1) is 11.8 Å². The van der Waals surface area contributed by atoms with Crippen molar-refractivity contribution in [1.29, 1.82) is 0 Å². The highest BCUT2D eigenvalue weighted by Gasteiger charge is 2.28. The number of carbonyl (C=O) groups is 1. The Balaban J connectivity index is 2.57. The van der Waals surface area contributed by atoms with E-state index in [0.717, 1.165) is 4.31 Å². The van der Waals surface area contributed by atoms with Gasteiger partial charge in [-0.3, -0.25) is 0 Å². The molecule has 0 unspecified atom stereocenters. The molecule has 0 aromatic carbocycles. The molecular formula is C9H17N3O5S. The monoisotopic (exact) mass is 279 g/mol. The standard InChI is InChI=1S/C9H17N3O5S/c1-7(2)17-9(13)11-18(15,16)12-5-3-8(10-14)4-6-12/h7,14H,3-6H2,1-2H3,(H,11,13). The van der Waals surface area contributed by atoms with Crippen LogP contribution in [0.15, 0.2) is 5.16 Å². The predicted molar refractivity (Wildman–Crippen MR) is 63.7 cm³/mol. The minimum atomic E-state index is -3.89. The molecule has 0 aliphatic carbocycles. The fraction of sp³-hybridized carbons (Fsp3) is 0.778. The summed E-state index contributed by atoms with van der Waals surface area (Å²) in [6.07, 6.45) is -0.700. The number of hydrogen-bond donors (Lipinski definition) is 2. The molecule has 8 nitrogen and oxygen atoms in total. The molecule has 0 saturated carbocycles. The topological polar surface area (TPSA) is 108 Å². The van der Waals surface area contributed by atoms with Gasteiger partial charge >= 0.3 is 16.3 Å². The van der Waals surface area contributed by atoms with Gasteiger partial charge in [-0.25, -0.2) is 9.52 Å². The second-order valence-corrected chi connectivity index (χ2v) is 5.80. The molecule has 1 rings (SSSR count). The highest BCUT2D eigenvalue weighted by atomic mass is 32.2. The van der Waals surface area contributed by atoms with Gasteiger partial charge in [0.25, 0.3) is 0 Å². The molecule has 2 N–H and O–H groups in total. The molecule has 1 fully saturated rings. The first-order valence-corrected chi connectivity index (χ1v) is 6.97. The molecule has 1 aliphatic rings. The molecule has 1 heterocycles. The third kappa shape index (κ3) is 4.15. The number of hydrogen-bond acceptors (Lipinski definition) is 6. The van der Waals surface area contributed by atoms with Gasteiger partial charge in [-0.1, -0.05) is 5.16 Å². The van der Waals surface area contributed by atoms with Crippen LogP contribution in [0, 0.1) is 0 Å². The third-order valence-electron chi connectivity index (χ3n) is 2.34. The van der Waals surface area contributed by atoms with E-state index < -0.39 is 22.4 Å². The van der Waals surface area contributed by atoms with Gasteiger partial charge < -0.3 is 9.94 Å². The van der Waals surface area contributed by atoms with E-state index in [9.17, 15) is 13.2 Å². The highest BCUT2D eigenvalue weighted by Crippen LogP contribution is 2.10. The molecule has 0 radical (unpaired) electrons. The van der Waals surface area contributed by atoms with Crippen molar-refractivity contribution in [2.45, 2.75) is 32.8 Å². The van der Waals surface area contributed by atoms with E-state index in [1.54, 1.807) is 13.8 Å². The fourth-order valence-corrected chi connectivity index (χ4v) is 2.54. The Morgan fingerprint density at radius 3 is 2.44 bits per heavy atom. The van der Waals surface area contributed by atoms with Crippen molar-refractivity contribution >= 4 is 22.0 Å². The SMILES string of the molecule is CC(C)OC(=O)NS(=O)(=O)N1CCC(=NO)CC1. The number of nitrogens with one attached hydrogen (secondary N) is 1. The highest BCUT2D eigenvalue weighted by molar-refractivity contribution is 7.87. The van der Waals surface area contributed by atoms with E-state index in [4.69, 9.17) is 9.94 Å². The molecule has 104 valence electrons. The number of piperidine rings is 1. The van der Waals surface area contributed by atoms with Gasteiger partial charge in [-0.15, -0.1) is 0 Å². The number of nitrogens with zero attached hydrogens (tertiary/aromatic N) is 2. The Bertz CT molecular complexity index is 421. The second-order valence-electron chi connectivity index (χ2n) is 4.13. The quantitative estimate of drug-likeness (QED) is 0.570. The van der Waals surface area contributed by atoms with E-state index in [1.807, 2.05) is 4.72 Å². The molecule has 0 aromatic heterocycles. The zero-order valence-corrected chi connectivity index (χ0v) is 11.1. The molecule has 0 atom stereocenters. The van der Waals surface area contributed by atoms with Crippen LogP contribution >= 0.6 is 0 Å². The fourth-order valence-electron chi connectivity index (χ4n) is 1.49. The lowest BCUT2D eigenvalue weighted by atomic mass is 10.1. The minimum Gasteiger partial charge on any atom is -0.446 e. The summed E-state index contributed by atoms with van der Waals surface area (Å²) >= 11 is 0. The van der Waals surface area contributed by atoms with Crippen LogP contribution in [0.4, 0.5) is 4.79 Å². The van der Waals surface area contributed by atoms with Crippen LogP contribution in [-0.4, -0.2) is 48.9 Å². The number of rotatable bonds is 3. The summed E-state index contributed by atoms with van der Waals surface area (Å²) < 4.78 is 31.2. The summed E-state index contributed by atoms with van der Waals surface area (Å²) in [6, 6.07) is 0. The number of amides is 1. The molecule has 18 heavy (non-hydrogen) atoms. The van der Waals surface area contributed by atoms with Crippen LogP contribution in [0.2, 0.25) is 0 Å². The summed E-state index contributed by atoms with van der Waals surface area (Å²) in [7, 11) is -3.89. The van der Waals surface area contributed by atoms with Crippen molar-refractivity contribution in [3.63, 3.8) is 0 Å². The van der Waals surface area contributed by atoms with Gasteiger partial charge in [0.1, 0.15) is 0 Å². The van der Waals surface area contributed by atoms with E-state index in [1.165, 1.54) is 0 Å². The Morgan fingerprint density at radius 2 is 2.00 bits per heavy atom. The Labute approximate surface area is 106 Å². The second kappa shape index (κ2) is 6.01. The molecule has 1 saturated heterocycles. The molecule has 9 heteroatoms. The first kappa shape index (κ1) is 14.7. The predicted octanol–water partition coefficient (Wildman–Crippen LogP) is 0.292. The van der Waals surface area contributed by atoms with Crippen LogP contribution in [0.25, 0.3) is 0 Å². The van der Waals surface area contributed by atoms with Gasteiger partial charge in [0, 0.05) is 25.9 Å². The zero-order valence-electron chi connectivity index (χ0n) is 10.3. The number of carbonyl (C=O) groups excluding carboxylic acids is 1. The van der Waals surface area contributed by atoms with Gasteiger partial charge in [-0.2, -0.15) is 12.7 Å². The van der Waals surface area contributed by atoms with Gasteiger partial charge in [-0.05, 0) is 13.8 Å². The maximum absolute atomic E-state index is 11.8. The summed E-state index contributed by atoms with van der Waals surface area (Å²) in [5, 5.41) is 11.6. The lowest BCUT2D eigenvalue weighted by Crippen LogP contribution is -2.47. The molecule has 0 bridgehead atoms. The first-order valence-electron chi connectivity index (χ1n) is 5.53. The van der Waals surface area contributed by atoms with E-state index in [2.05, 4.69) is 5.16 Å². The first-order chi connectivity index (χ1) is 8.35. The maximum Gasteiger partial charge on any atom is 0.422 e. The molecule has 1 aliphatic heterocycles. The van der Waals surface area contributed by atoms with Crippen molar-refractivity contribution in [2.75, 3.05) is 13.1 Å².